The molecule has 0 aliphatic carbocycles. The second-order valence-corrected chi connectivity index (χ2v) is 7.41. The summed E-state index contributed by atoms with van der Waals surface area (Å²) < 4.78 is 0. The van der Waals surface area contributed by atoms with E-state index in [0.717, 1.165) is 30.0 Å². The highest BCUT2D eigenvalue weighted by atomic mass is 35.5. The average molecular weight is 409 g/mol. The number of anilines is 1. The molecule has 148 valence electrons. The maximum atomic E-state index is 12.0. The van der Waals surface area contributed by atoms with Gasteiger partial charge in [-0.15, -0.1) is 0 Å². The lowest BCUT2D eigenvalue weighted by Gasteiger charge is -2.15. The Morgan fingerprint density at radius 2 is 2.10 bits per heavy atom. The number of pyridine rings is 1. The van der Waals surface area contributed by atoms with Gasteiger partial charge in [0.05, 0.1) is 5.69 Å². The van der Waals surface area contributed by atoms with E-state index in [1.165, 1.54) is 12.8 Å². The van der Waals surface area contributed by atoms with Crippen LogP contribution in [0.4, 0.5) is 11.6 Å². The van der Waals surface area contributed by atoms with Gasteiger partial charge < -0.3 is 10.6 Å². The Labute approximate surface area is 173 Å². The molecule has 3 N–H and O–H groups in total. The van der Waals surface area contributed by atoms with Crippen LogP contribution in [0.2, 0.25) is 5.02 Å². The zero-order valence-corrected chi connectivity index (χ0v) is 16.6. The summed E-state index contributed by atoms with van der Waals surface area (Å²) in [6, 6.07) is 11.4. The fourth-order valence-corrected chi connectivity index (χ4v) is 3.65. The number of carbonyl (C=O) groups excluding carboxylic acids is 1. The Balaban J connectivity index is 1.53. The van der Waals surface area contributed by atoms with Gasteiger partial charge in [-0.05, 0) is 42.7 Å². The lowest BCUT2D eigenvalue weighted by molar-refractivity contribution is 0.100. The number of rotatable bonds is 6. The number of aliphatic imine (C=N–C) groups is 1. The number of nitrogens with two attached hydrogens (primary N) is 1. The van der Waals surface area contributed by atoms with Crippen molar-refractivity contribution in [2.24, 2.45) is 10.7 Å². The minimum Gasteiger partial charge on any atom is -0.365 e. The summed E-state index contributed by atoms with van der Waals surface area (Å²) in [6.07, 6.45) is 6.26. The normalized spacial score (nSPS) is 14.0. The first-order chi connectivity index (χ1) is 14.1. The molecule has 7 nitrogen and oxygen atoms in total. The Bertz CT molecular complexity index is 1040. The van der Waals surface area contributed by atoms with Crippen molar-refractivity contribution in [2.75, 3.05) is 18.0 Å². The maximum absolute atomic E-state index is 12.0. The fourth-order valence-electron chi connectivity index (χ4n) is 3.44. The van der Waals surface area contributed by atoms with E-state index in [-0.39, 0.29) is 11.4 Å². The molecule has 0 radical (unpaired) electrons. The summed E-state index contributed by atoms with van der Waals surface area (Å²) >= 11 is 6.04. The van der Waals surface area contributed by atoms with E-state index < -0.39 is 5.91 Å². The molecule has 1 aromatic carbocycles. The van der Waals surface area contributed by atoms with E-state index in [1.54, 1.807) is 18.5 Å². The van der Waals surface area contributed by atoms with Gasteiger partial charge in [0, 0.05) is 42.5 Å². The van der Waals surface area contributed by atoms with Crippen LogP contribution in [-0.2, 0) is 6.42 Å². The lowest BCUT2D eigenvalue weighted by atomic mass is 10.1. The van der Waals surface area contributed by atoms with Gasteiger partial charge in [-0.25, -0.2) is 9.98 Å². The molecule has 4 rings (SSSR count). The Hall–Kier alpha value is -3.19. The number of H-pyrrole nitrogens is 1. The molecule has 1 fully saturated rings. The third-order valence-corrected chi connectivity index (χ3v) is 5.11. The van der Waals surface area contributed by atoms with Gasteiger partial charge in [0.2, 0.25) is 0 Å². The molecule has 1 aliphatic heterocycles. The van der Waals surface area contributed by atoms with Gasteiger partial charge in [-0.1, -0.05) is 23.7 Å². The van der Waals surface area contributed by atoms with Crippen LogP contribution < -0.4 is 10.6 Å². The first-order valence-corrected chi connectivity index (χ1v) is 9.84. The lowest BCUT2D eigenvalue weighted by Crippen LogP contribution is -2.18. The Morgan fingerprint density at radius 3 is 2.79 bits per heavy atom. The largest absolute Gasteiger partial charge is 0.365 e. The molecule has 0 unspecified atom stereocenters. The second-order valence-electron chi connectivity index (χ2n) is 6.97. The Kier molecular flexibility index (Phi) is 5.57. The van der Waals surface area contributed by atoms with Gasteiger partial charge in [0.1, 0.15) is 11.4 Å². The van der Waals surface area contributed by atoms with Crippen molar-refractivity contribution in [3.8, 4) is 0 Å². The zero-order chi connectivity index (χ0) is 20.2. The minimum absolute atomic E-state index is 0.262. The topological polar surface area (TPSA) is 100 Å². The summed E-state index contributed by atoms with van der Waals surface area (Å²) in [7, 11) is 0. The number of primary amides is 1. The van der Waals surface area contributed by atoms with Crippen LogP contribution in [0, 0.1) is 0 Å². The SMILES string of the molecule is NC(=O)c1c(N=Cc2ccc(N3CCCC3)nc2)n[nH]c1Cc1cccc(Cl)c1. The molecule has 0 saturated carbocycles. The van der Waals surface area contributed by atoms with Crippen molar-refractivity contribution < 1.29 is 4.79 Å². The van der Waals surface area contributed by atoms with Crippen LogP contribution in [0.1, 0.15) is 40.0 Å². The van der Waals surface area contributed by atoms with Crippen molar-refractivity contribution >= 4 is 35.4 Å². The fraction of sp³-hybridized carbons (Fsp3) is 0.238. The van der Waals surface area contributed by atoms with E-state index in [2.05, 4.69) is 25.1 Å². The second kappa shape index (κ2) is 8.45. The van der Waals surface area contributed by atoms with Crippen LogP contribution >= 0.6 is 11.6 Å². The third-order valence-electron chi connectivity index (χ3n) is 4.88. The molecule has 29 heavy (non-hydrogen) atoms. The summed E-state index contributed by atoms with van der Waals surface area (Å²) in [5.74, 6) is 0.657. The minimum atomic E-state index is -0.578. The first kappa shape index (κ1) is 19.1. The van der Waals surface area contributed by atoms with E-state index in [9.17, 15) is 4.79 Å². The smallest absolute Gasteiger partial charge is 0.254 e. The van der Waals surface area contributed by atoms with Gasteiger partial charge in [0.25, 0.3) is 5.91 Å². The standard InChI is InChI=1S/C21H21ClN6O/c22-16-5-3-4-14(10-16)11-17-19(20(23)29)21(27-26-17)25-13-15-6-7-18(24-12-15)28-8-1-2-9-28/h3-7,10,12-13H,1-2,8-9,11H2,(H2,23,29)(H,26,27). The van der Waals surface area contributed by atoms with Crippen LogP contribution in [0.15, 0.2) is 47.6 Å². The number of hydrogen-bond acceptors (Lipinski definition) is 5. The van der Waals surface area contributed by atoms with Crippen LogP contribution in [0.25, 0.3) is 0 Å². The number of halogens is 1. The molecule has 0 bridgehead atoms. The van der Waals surface area contributed by atoms with Gasteiger partial charge >= 0.3 is 0 Å². The van der Waals surface area contributed by atoms with Crippen molar-refractivity contribution in [2.45, 2.75) is 19.3 Å². The molecule has 1 aliphatic rings. The van der Waals surface area contributed by atoms with Crippen LogP contribution in [-0.4, -0.2) is 40.4 Å². The molecule has 0 atom stereocenters. The quantitative estimate of drug-likeness (QED) is 0.609. The van der Waals surface area contributed by atoms with Gasteiger partial charge in [-0.2, -0.15) is 5.10 Å². The highest BCUT2D eigenvalue weighted by Gasteiger charge is 2.18. The predicted octanol–water partition coefficient (Wildman–Crippen LogP) is 3.50. The summed E-state index contributed by atoms with van der Waals surface area (Å²) in [4.78, 5) is 23.1. The first-order valence-electron chi connectivity index (χ1n) is 9.47. The summed E-state index contributed by atoms with van der Waals surface area (Å²) in [5.41, 5.74) is 8.24. The molecular formula is C21H21ClN6O. The molecule has 0 spiro atoms. The number of benzene rings is 1. The third kappa shape index (κ3) is 4.46. The highest BCUT2D eigenvalue weighted by Crippen LogP contribution is 2.23. The monoisotopic (exact) mass is 408 g/mol. The zero-order valence-electron chi connectivity index (χ0n) is 15.8. The number of aromatic nitrogens is 3. The van der Waals surface area contributed by atoms with Crippen LogP contribution in [0.5, 0.6) is 0 Å². The maximum Gasteiger partial charge on any atom is 0.254 e. The number of carbonyl (C=O) groups is 1. The molecule has 3 heterocycles. The van der Waals surface area contributed by atoms with Crippen molar-refractivity contribution in [3.05, 3.63) is 70.0 Å². The Morgan fingerprint density at radius 1 is 1.28 bits per heavy atom. The van der Waals surface area contributed by atoms with Crippen molar-refractivity contribution in [1.82, 2.24) is 15.2 Å². The van der Waals surface area contributed by atoms with Gasteiger partial charge in [0.15, 0.2) is 5.82 Å². The number of hydrogen-bond donors (Lipinski definition) is 2. The summed E-state index contributed by atoms with van der Waals surface area (Å²) in [5, 5.41) is 7.67. The highest BCUT2D eigenvalue weighted by molar-refractivity contribution is 6.30. The van der Waals surface area contributed by atoms with E-state index in [4.69, 9.17) is 17.3 Å². The number of nitrogens with zero attached hydrogens (tertiary/aromatic N) is 4. The molecule has 1 saturated heterocycles. The van der Waals surface area contributed by atoms with E-state index in [0.29, 0.717) is 17.1 Å². The predicted molar refractivity (Wildman–Crippen MR) is 114 cm³/mol. The number of aromatic amines is 1. The molecular weight excluding hydrogens is 388 g/mol. The molecule has 2 aromatic heterocycles. The summed E-state index contributed by atoms with van der Waals surface area (Å²) in [6.45, 7) is 2.09. The van der Waals surface area contributed by atoms with Crippen molar-refractivity contribution in [3.63, 3.8) is 0 Å². The molecule has 8 heteroatoms. The van der Waals surface area contributed by atoms with Gasteiger partial charge in [-0.3, -0.25) is 9.89 Å². The van der Waals surface area contributed by atoms with Crippen LogP contribution in [0.3, 0.4) is 0 Å². The number of nitrogens with one attached hydrogen (secondary N) is 1. The van der Waals surface area contributed by atoms with E-state index >= 15 is 0 Å². The van der Waals surface area contributed by atoms with E-state index in [1.807, 2.05) is 30.3 Å². The average Bonchev–Trinajstić information content (AvgIpc) is 3.37. The molecule has 1 amide bonds. The van der Waals surface area contributed by atoms with Crippen molar-refractivity contribution in [1.29, 1.82) is 0 Å². The number of amides is 1. The molecule has 3 aromatic rings.